The fourth-order valence-corrected chi connectivity index (χ4v) is 3.15. The van der Waals surface area contributed by atoms with Crippen LogP contribution in [0, 0.1) is 11.9 Å². The number of pyridine rings is 1. The Morgan fingerprint density at radius 1 is 1.25 bits per heavy atom. The fourth-order valence-electron chi connectivity index (χ4n) is 3.15. The standard InChI is InChI=1S/C19H28FN5O3/c1-19(2,3)28-18(27)24-11-13(12-24)10-21-14-6-7-15(22-16(14)20)17(26)23-25-8-4-5-9-25/h6-7,13,21H,4-5,8-12H2,1-3H3,(H,23,26). The highest BCUT2D eigenvalue weighted by Gasteiger charge is 2.33. The van der Waals surface area contributed by atoms with Crippen LogP contribution in [0.15, 0.2) is 12.1 Å². The summed E-state index contributed by atoms with van der Waals surface area (Å²) in [5.41, 5.74) is 2.52. The smallest absolute Gasteiger partial charge is 0.410 e. The third-order valence-electron chi connectivity index (χ3n) is 4.64. The Bertz CT molecular complexity index is 725. The number of ether oxygens (including phenoxy) is 1. The Morgan fingerprint density at radius 2 is 1.93 bits per heavy atom. The van der Waals surface area contributed by atoms with Gasteiger partial charge in [0, 0.05) is 38.6 Å². The quantitative estimate of drug-likeness (QED) is 0.746. The molecule has 0 unspecified atom stereocenters. The number of amides is 2. The predicted molar refractivity (Wildman–Crippen MR) is 102 cm³/mol. The number of carbonyl (C=O) groups is 2. The summed E-state index contributed by atoms with van der Waals surface area (Å²) in [6.07, 6.45) is 1.75. The van der Waals surface area contributed by atoms with Gasteiger partial charge in [-0.2, -0.15) is 4.39 Å². The van der Waals surface area contributed by atoms with E-state index in [1.54, 1.807) is 4.90 Å². The summed E-state index contributed by atoms with van der Waals surface area (Å²) in [7, 11) is 0. The lowest BCUT2D eigenvalue weighted by Crippen LogP contribution is -2.53. The number of rotatable bonds is 5. The second-order valence-electron chi connectivity index (χ2n) is 8.30. The Hall–Kier alpha value is -2.42. The van der Waals surface area contributed by atoms with Crippen LogP contribution < -0.4 is 10.7 Å². The maximum atomic E-state index is 14.2. The van der Waals surface area contributed by atoms with Gasteiger partial charge in [-0.15, -0.1) is 0 Å². The zero-order valence-corrected chi connectivity index (χ0v) is 16.6. The second kappa shape index (κ2) is 8.30. The molecule has 2 N–H and O–H groups in total. The Labute approximate surface area is 164 Å². The van der Waals surface area contributed by atoms with Crippen molar-refractivity contribution in [2.75, 3.05) is 38.0 Å². The van der Waals surface area contributed by atoms with Crippen LogP contribution in [-0.4, -0.2) is 65.2 Å². The van der Waals surface area contributed by atoms with Gasteiger partial charge < -0.3 is 15.0 Å². The Morgan fingerprint density at radius 3 is 2.54 bits per heavy atom. The van der Waals surface area contributed by atoms with E-state index in [9.17, 15) is 14.0 Å². The number of hydrogen-bond acceptors (Lipinski definition) is 6. The van der Waals surface area contributed by atoms with E-state index < -0.39 is 17.5 Å². The number of aromatic nitrogens is 1. The maximum absolute atomic E-state index is 14.2. The van der Waals surface area contributed by atoms with Crippen LogP contribution in [0.2, 0.25) is 0 Å². The maximum Gasteiger partial charge on any atom is 0.410 e. The van der Waals surface area contributed by atoms with Crippen LogP contribution >= 0.6 is 0 Å². The van der Waals surface area contributed by atoms with Crippen molar-refractivity contribution in [3.8, 4) is 0 Å². The van der Waals surface area contributed by atoms with Crippen LogP contribution in [0.1, 0.15) is 44.1 Å². The molecule has 2 fully saturated rings. The van der Waals surface area contributed by atoms with Crippen LogP contribution in [-0.2, 0) is 4.74 Å². The highest BCUT2D eigenvalue weighted by Crippen LogP contribution is 2.21. The summed E-state index contributed by atoms with van der Waals surface area (Å²) >= 11 is 0. The van der Waals surface area contributed by atoms with Gasteiger partial charge in [-0.25, -0.2) is 14.8 Å². The van der Waals surface area contributed by atoms with Gasteiger partial charge in [0.05, 0.1) is 5.69 Å². The number of hydrogen-bond donors (Lipinski definition) is 2. The van der Waals surface area contributed by atoms with Gasteiger partial charge in [0.1, 0.15) is 11.3 Å². The molecule has 0 saturated carbocycles. The van der Waals surface area contributed by atoms with Crippen LogP contribution in [0.3, 0.4) is 0 Å². The molecule has 0 aromatic carbocycles. The molecule has 0 aliphatic carbocycles. The van der Waals surface area contributed by atoms with Crippen LogP contribution in [0.4, 0.5) is 14.9 Å². The average molecular weight is 393 g/mol. The number of hydrazine groups is 1. The minimum Gasteiger partial charge on any atom is -0.444 e. The molecule has 2 aliphatic rings. The van der Waals surface area contributed by atoms with E-state index in [1.165, 1.54) is 12.1 Å². The number of carbonyl (C=O) groups excluding carboxylic acids is 2. The summed E-state index contributed by atoms with van der Waals surface area (Å²) in [6.45, 7) is 8.72. The minimum atomic E-state index is -0.711. The molecule has 9 heteroatoms. The first-order chi connectivity index (χ1) is 13.2. The van der Waals surface area contributed by atoms with Crippen molar-refractivity contribution in [3.63, 3.8) is 0 Å². The minimum absolute atomic E-state index is 0.0506. The molecule has 0 spiro atoms. The zero-order chi connectivity index (χ0) is 20.3. The van der Waals surface area contributed by atoms with E-state index in [0.717, 1.165) is 25.9 Å². The Kier molecular flexibility index (Phi) is 6.02. The number of likely N-dealkylation sites (tertiary alicyclic amines) is 1. The highest BCUT2D eigenvalue weighted by molar-refractivity contribution is 5.92. The third kappa shape index (κ3) is 5.31. The van der Waals surface area contributed by atoms with E-state index in [4.69, 9.17) is 4.74 Å². The van der Waals surface area contributed by atoms with Gasteiger partial charge in [0.2, 0.25) is 5.95 Å². The van der Waals surface area contributed by atoms with Gasteiger partial charge in [-0.1, -0.05) is 0 Å². The van der Waals surface area contributed by atoms with E-state index in [2.05, 4.69) is 15.7 Å². The van der Waals surface area contributed by atoms with Crippen molar-refractivity contribution in [1.82, 2.24) is 20.3 Å². The first kappa shape index (κ1) is 20.3. The van der Waals surface area contributed by atoms with Gasteiger partial charge in [-0.3, -0.25) is 10.2 Å². The number of nitrogens with one attached hydrogen (secondary N) is 2. The molecule has 2 amide bonds. The number of anilines is 1. The van der Waals surface area contributed by atoms with Gasteiger partial charge >= 0.3 is 6.09 Å². The molecule has 3 heterocycles. The molecule has 2 aliphatic heterocycles. The monoisotopic (exact) mass is 393 g/mol. The van der Waals surface area contributed by atoms with Crippen molar-refractivity contribution in [1.29, 1.82) is 0 Å². The summed E-state index contributed by atoms with van der Waals surface area (Å²) in [4.78, 5) is 29.4. The molecule has 2 saturated heterocycles. The first-order valence-electron chi connectivity index (χ1n) is 9.65. The summed E-state index contributed by atoms with van der Waals surface area (Å²) in [5, 5.41) is 4.82. The molecular formula is C19H28FN5O3. The van der Waals surface area contributed by atoms with Crippen molar-refractivity contribution in [2.45, 2.75) is 39.2 Å². The fraction of sp³-hybridized carbons (Fsp3) is 0.632. The molecule has 1 aromatic rings. The summed E-state index contributed by atoms with van der Waals surface area (Å²) < 4.78 is 19.5. The molecule has 1 aromatic heterocycles. The molecule has 3 rings (SSSR count). The summed E-state index contributed by atoms with van der Waals surface area (Å²) in [6, 6.07) is 3.02. The van der Waals surface area contributed by atoms with Crippen molar-refractivity contribution in [2.24, 2.45) is 5.92 Å². The predicted octanol–water partition coefficient (Wildman–Crippen LogP) is 2.24. The lowest BCUT2D eigenvalue weighted by molar-refractivity contribution is 0.000826. The van der Waals surface area contributed by atoms with E-state index >= 15 is 0 Å². The van der Waals surface area contributed by atoms with Crippen LogP contribution in [0.5, 0.6) is 0 Å². The second-order valence-corrected chi connectivity index (χ2v) is 8.30. The normalized spacial score (nSPS) is 17.9. The lowest BCUT2D eigenvalue weighted by Gasteiger charge is -2.39. The van der Waals surface area contributed by atoms with Crippen LogP contribution in [0.25, 0.3) is 0 Å². The van der Waals surface area contributed by atoms with Gasteiger partial charge in [-0.05, 0) is 45.7 Å². The van der Waals surface area contributed by atoms with E-state index in [-0.39, 0.29) is 23.4 Å². The number of nitrogens with zero attached hydrogens (tertiary/aromatic N) is 3. The van der Waals surface area contributed by atoms with E-state index in [1.807, 2.05) is 25.8 Å². The van der Waals surface area contributed by atoms with Crippen molar-refractivity contribution in [3.05, 3.63) is 23.8 Å². The number of halogens is 1. The summed E-state index contributed by atoms with van der Waals surface area (Å²) in [5.74, 6) is -0.901. The van der Waals surface area contributed by atoms with Crippen molar-refractivity contribution >= 4 is 17.7 Å². The average Bonchev–Trinajstić information content (AvgIpc) is 3.05. The SMILES string of the molecule is CC(C)(C)OC(=O)N1CC(CNc2ccc(C(=O)NN3CCCC3)nc2F)C1. The zero-order valence-electron chi connectivity index (χ0n) is 16.6. The van der Waals surface area contributed by atoms with Crippen molar-refractivity contribution < 1.29 is 18.7 Å². The topological polar surface area (TPSA) is 86.8 Å². The first-order valence-corrected chi connectivity index (χ1v) is 9.65. The van der Waals surface area contributed by atoms with Gasteiger partial charge in [0.15, 0.2) is 0 Å². The highest BCUT2D eigenvalue weighted by atomic mass is 19.1. The molecule has 28 heavy (non-hydrogen) atoms. The largest absolute Gasteiger partial charge is 0.444 e. The molecule has 0 radical (unpaired) electrons. The Balaban J connectivity index is 1.44. The molecular weight excluding hydrogens is 365 g/mol. The molecule has 8 nitrogen and oxygen atoms in total. The van der Waals surface area contributed by atoms with Gasteiger partial charge in [0.25, 0.3) is 5.91 Å². The third-order valence-corrected chi connectivity index (χ3v) is 4.64. The molecule has 154 valence electrons. The van der Waals surface area contributed by atoms with E-state index in [0.29, 0.717) is 19.6 Å². The lowest BCUT2D eigenvalue weighted by atomic mass is 10.0. The molecule has 0 bridgehead atoms. The molecule has 0 atom stereocenters.